The highest BCUT2D eigenvalue weighted by Crippen LogP contribution is 2.18. The van der Waals surface area contributed by atoms with E-state index in [4.69, 9.17) is 10.5 Å². The van der Waals surface area contributed by atoms with Crippen molar-refractivity contribution in [2.45, 2.75) is 6.92 Å². The van der Waals surface area contributed by atoms with E-state index in [-0.39, 0.29) is 0 Å². The maximum absolute atomic E-state index is 10.5. The quantitative estimate of drug-likeness (QED) is 0.734. The summed E-state index contributed by atoms with van der Waals surface area (Å²) in [6.07, 6.45) is 2.96. The average Bonchev–Trinajstić information content (AvgIpc) is 2.17. The van der Waals surface area contributed by atoms with E-state index in [1.54, 1.807) is 6.08 Å². The van der Waals surface area contributed by atoms with Crippen LogP contribution in [0.2, 0.25) is 0 Å². The SMILES string of the molecule is CCOc1ccccc1/C=C\C(N)=O. The van der Waals surface area contributed by atoms with E-state index in [0.717, 1.165) is 11.3 Å². The van der Waals surface area contributed by atoms with Crippen LogP contribution in [0.3, 0.4) is 0 Å². The first-order chi connectivity index (χ1) is 6.74. The van der Waals surface area contributed by atoms with Gasteiger partial charge in [-0.25, -0.2) is 0 Å². The smallest absolute Gasteiger partial charge is 0.241 e. The Morgan fingerprint density at radius 2 is 2.21 bits per heavy atom. The van der Waals surface area contributed by atoms with Crippen LogP contribution in [0.5, 0.6) is 5.75 Å². The van der Waals surface area contributed by atoms with Gasteiger partial charge in [0.1, 0.15) is 5.75 Å². The molecule has 0 saturated heterocycles. The molecule has 0 fully saturated rings. The molecule has 0 unspecified atom stereocenters. The minimum Gasteiger partial charge on any atom is -0.493 e. The van der Waals surface area contributed by atoms with Gasteiger partial charge in [0.15, 0.2) is 0 Å². The molecule has 3 nitrogen and oxygen atoms in total. The number of hydrogen-bond donors (Lipinski definition) is 1. The largest absolute Gasteiger partial charge is 0.493 e. The third kappa shape index (κ3) is 2.94. The lowest BCUT2D eigenvalue weighted by molar-refractivity contribution is -0.113. The van der Waals surface area contributed by atoms with Crippen molar-refractivity contribution in [1.82, 2.24) is 0 Å². The molecule has 1 aromatic rings. The molecule has 1 amide bonds. The summed E-state index contributed by atoms with van der Waals surface area (Å²) in [5.41, 5.74) is 5.85. The predicted molar refractivity (Wildman–Crippen MR) is 55.8 cm³/mol. The zero-order valence-corrected chi connectivity index (χ0v) is 8.07. The summed E-state index contributed by atoms with van der Waals surface area (Å²) in [5, 5.41) is 0. The van der Waals surface area contributed by atoms with Gasteiger partial charge in [0, 0.05) is 11.6 Å². The Labute approximate surface area is 83.2 Å². The number of hydrogen-bond acceptors (Lipinski definition) is 2. The molecule has 0 heterocycles. The van der Waals surface area contributed by atoms with Gasteiger partial charge in [-0.3, -0.25) is 4.79 Å². The first-order valence-electron chi connectivity index (χ1n) is 4.43. The van der Waals surface area contributed by atoms with Gasteiger partial charge in [0.05, 0.1) is 6.61 Å². The highest BCUT2D eigenvalue weighted by molar-refractivity contribution is 5.90. The summed E-state index contributed by atoms with van der Waals surface area (Å²) in [6, 6.07) is 7.48. The van der Waals surface area contributed by atoms with Crippen LogP contribution in [0, 0.1) is 0 Å². The Hall–Kier alpha value is -1.77. The maximum atomic E-state index is 10.5. The second kappa shape index (κ2) is 5.07. The maximum Gasteiger partial charge on any atom is 0.241 e. The van der Waals surface area contributed by atoms with Gasteiger partial charge in [-0.1, -0.05) is 18.2 Å². The number of primary amides is 1. The fraction of sp³-hybridized carbons (Fsp3) is 0.182. The van der Waals surface area contributed by atoms with Gasteiger partial charge in [-0.15, -0.1) is 0 Å². The zero-order chi connectivity index (χ0) is 10.4. The normalized spacial score (nSPS) is 10.4. The molecule has 0 radical (unpaired) electrons. The van der Waals surface area contributed by atoms with Crippen molar-refractivity contribution in [3.63, 3.8) is 0 Å². The Kier molecular flexibility index (Phi) is 3.73. The molecule has 0 aromatic heterocycles. The zero-order valence-electron chi connectivity index (χ0n) is 8.07. The molecule has 14 heavy (non-hydrogen) atoms. The van der Waals surface area contributed by atoms with Crippen molar-refractivity contribution < 1.29 is 9.53 Å². The van der Waals surface area contributed by atoms with Crippen LogP contribution in [0.25, 0.3) is 6.08 Å². The third-order valence-corrected chi connectivity index (χ3v) is 1.65. The van der Waals surface area contributed by atoms with Gasteiger partial charge in [-0.05, 0) is 19.1 Å². The van der Waals surface area contributed by atoms with E-state index in [9.17, 15) is 4.79 Å². The van der Waals surface area contributed by atoms with E-state index in [2.05, 4.69) is 0 Å². The molecule has 74 valence electrons. The lowest BCUT2D eigenvalue weighted by atomic mass is 10.2. The molecule has 0 saturated carbocycles. The number of ether oxygens (including phenoxy) is 1. The third-order valence-electron chi connectivity index (χ3n) is 1.65. The fourth-order valence-electron chi connectivity index (χ4n) is 1.08. The van der Waals surface area contributed by atoms with Gasteiger partial charge < -0.3 is 10.5 Å². The van der Waals surface area contributed by atoms with Gasteiger partial charge in [-0.2, -0.15) is 0 Å². The Morgan fingerprint density at radius 3 is 2.86 bits per heavy atom. The van der Waals surface area contributed by atoms with E-state index < -0.39 is 5.91 Å². The average molecular weight is 191 g/mol. The van der Waals surface area contributed by atoms with Crippen LogP contribution in [-0.4, -0.2) is 12.5 Å². The number of para-hydroxylation sites is 1. The molecule has 0 aliphatic rings. The van der Waals surface area contributed by atoms with Crippen molar-refractivity contribution >= 4 is 12.0 Å². The first kappa shape index (κ1) is 10.3. The summed E-state index contributed by atoms with van der Waals surface area (Å²) in [5.74, 6) is 0.295. The van der Waals surface area contributed by atoms with Gasteiger partial charge in [0.25, 0.3) is 0 Å². The molecule has 0 atom stereocenters. The van der Waals surface area contributed by atoms with Crippen LogP contribution < -0.4 is 10.5 Å². The van der Waals surface area contributed by atoms with Crippen molar-refractivity contribution in [1.29, 1.82) is 0 Å². The fourth-order valence-corrected chi connectivity index (χ4v) is 1.08. The molecule has 0 bridgehead atoms. The van der Waals surface area contributed by atoms with Crippen LogP contribution in [0.4, 0.5) is 0 Å². The minimum atomic E-state index is -0.462. The molecule has 1 aromatic carbocycles. The topological polar surface area (TPSA) is 52.3 Å². The molecule has 3 heteroatoms. The number of carbonyl (C=O) groups is 1. The van der Waals surface area contributed by atoms with Crippen LogP contribution in [0.1, 0.15) is 12.5 Å². The number of benzene rings is 1. The number of amides is 1. The molecule has 0 aliphatic heterocycles. The molecule has 1 rings (SSSR count). The summed E-state index contributed by atoms with van der Waals surface area (Å²) < 4.78 is 5.37. The van der Waals surface area contributed by atoms with E-state index in [1.807, 2.05) is 31.2 Å². The second-order valence-electron chi connectivity index (χ2n) is 2.71. The molecule has 2 N–H and O–H groups in total. The molecule has 0 aliphatic carbocycles. The van der Waals surface area contributed by atoms with Crippen molar-refractivity contribution in [2.24, 2.45) is 5.73 Å². The Morgan fingerprint density at radius 1 is 1.50 bits per heavy atom. The lowest BCUT2D eigenvalue weighted by Crippen LogP contribution is -2.05. The predicted octanol–water partition coefficient (Wildman–Crippen LogP) is 1.58. The highest BCUT2D eigenvalue weighted by Gasteiger charge is 1.97. The summed E-state index contributed by atoms with van der Waals surface area (Å²) >= 11 is 0. The first-order valence-corrected chi connectivity index (χ1v) is 4.43. The summed E-state index contributed by atoms with van der Waals surface area (Å²) in [4.78, 5) is 10.5. The van der Waals surface area contributed by atoms with Crippen LogP contribution in [0.15, 0.2) is 30.3 Å². The Balaban J connectivity index is 2.89. The highest BCUT2D eigenvalue weighted by atomic mass is 16.5. The van der Waals surface area contributed by atoms with Crippen molar-refractivity contribution in [2.75, 3.05) is 6.61 Å². The van der Waals surface area contributed by atoms with Crippen LogP contribution in [-0.2, 0) is 4.79 Å². The summed E-state index contributed by atoms with van der Waals surface area (Å²) in [6.45, 7) is 2.51. The van der Waals surface area contributed by atoms with E-state index >= 15 is 0 Å². The molecular weight excluding hydrogens is 178 g/mol. The van der Waals surface area contributed by atoms with Crippen LogP contribution >= 0.6 is 0 Å². The second-order valence-corrected chi connectivity index (χ2v) is 2.71. The van der Waals surface area contributed by atoms with E-state index in [1.165, 1.54) is 6.08 Å². The number of rotatable bonds is 4. The van der Waals surface area contributed by atoms with Gasteiger partial charge >= 0.3 is 0 Å². The number of carbonyl (C=O) groups excluding carboxylic acids is 1. The molecular formula is C11H13NO2. The van der Waals surface area contributed by atoms with Crippen molar-refractivity contribution in [3.8, 4) is 5.75 Å². The summed E-state index contributed by atoms with van der Waals surface area (Å²) in [7, 11) is 0. The minimum absolute atomic E-state index is 0.462. The monoisotopic (exact) mass is 191 g/mol. The Bertz CT molecular complexity index is 345. The molecule has 0 spiro atoms. The van der Waals surface area contributed by atoms with E-state index in [0.29, 0.717) is 6.61 Å². The number of nitrogens with two attached hydrogens (primary N) is 1. The lowest BCUT2D eigenvalue weighted by Gasteiger charge is -2.05. The standard InChI is InChI=1S/C11H13NO2/c1-2-14-10-6-4-3-5-9(10)7-8-11(12)13/h3-8H,2H2,1H3,(H2,12,13)/b8-7-. The van der Waals surface area contributed by atoms with Gasteiger partial charge in [0.2, 0.25) is 5.91 Å². The van der Waals surface area contributed by atoms with Crippen molar-refractivity contribution in [3.05, 3.63) is 35.9 Å².